The van der Waals surface area contributed by atoms with E-state index in [4.69, 9.17) is 21.1 Å². The molecule has 0 aliphatic carbocycles. The first kappa shape index (κ1) is 28.9. The Labute approximate surface area is 246 Å². The van der Waals surface area contributed by atoms with Crippen LogP contribution in [0, 0.1) is 11.8 Å². The van der Waals surface area contributed by atoms with Gasteiger partial charge in [0.15, 0.2) is 0 Å². The van der Waals surface area contributed by atoms with Crippen LogP contribution in [0.4, 0.5) is 11.4 Å². The van der Waals surface area contributed by atoms with Crippen LogP contribution in [-0.4, -0.2) is 70.1 Å². The SMILES string of the molecule is CCOc1ccc(NC(=O)[C@H]2[C@H]3C(=O)N(CCCCCO)C(C(=O)Nc4ccc(Cl)cc4)C34CC(Br)[C@@H]2O4)cc1. The highest BCUT2D eigenvalue weighted by Crippen LogP contribution is 2.60. The number of nitrogens with zero attached hydrogens (tertiary/aromatic N) is 1. The van der Waals surface area contributed by atoms with Crippen molar-refractivity contribution in [3.05, 3.63) is 53.6 Å². The molecule has 0 aromatic heterocycles. The van der Waals surface area contributed by atoms with E-state index in [-0.39, 0.29) is 29.2 Å². The van der Waals surface area contributed by atoms with E-state index in [2.05, 4.69) is 26.6 Å². The van der Waals surface area contributed by atoms with Crippen molar-refractivity contribution >= 4 is 56.6 Å². The molecule has 214 valence electrons. The number of rotatable bonds is 11. The Bertz CT molecular complexity index is 1250. The van der Waals surface area contributed by atoms with Crippen LogP contribution in [0.15, 0.2) is 48.5 Å². The lowest BCUT2D eigenvalue weighted by atomic mass is 9.70. The number of hydrogen-bond donors (Lipinski definition) is 3. The van der Waals surface area contributed by atoms with Gasteiger partial charge in [0.05, 0.1) is 24.5 Å². The molecule has 0 radical (unpaired) electrons. The normalized spacial score (nSPS) is 28.4. The van der Waals surface area contributed by atoms with Crippen molar-refractivity contribution in [3.63, 3.8) is 0 Å². The first-order chi connectivity index (χ1) is 19.3. The molecule has 0 saturated carbocycles. The van der Waals surface area contributed by atoms with Crippen LogP contribution in [-0.2, 0) is 19.1 Å². The maximum atomic E-state index is 14.0. The molecule has 2 aromatic carbocycles. The van der Waals surface area contributed by atoms with E-state index in [1.165, 1.54) is 0 Å². The fraction of sp³-hybridized carbons (Fsp3) is 0.483. The number of anilines is 2. The number of benzene rings is 2. The number of likely N-dealkylation sites (tertiary alicyclic amines) is 1. The molecule has 3 fully saturated rings. The van der Waals surface area contributed by atoms with Crippen LogP contribution >= 0.6 is 27.5 Å². The highest BCUT2D eigenvalue weighted by Gasteiger charge is 2.76. The number of halogens is 2. The number of unbranched alkanes of at least 4 members (excludes halogenated alkanes) is 2. The molecule has 6 atom stereocenters. The number of nitrogens with one attached hydrogen (secondary N) is 2. The molecular formula is C29H33BrClN3O6. The maximum absolute atomic E-state index is 14.0. The number of fused-ring (bicyclic) bond motifs is 1. The minimum absolute atomic E-state index is 0.0604. The van der Waals surface area contributed by atoms with Crippen molar-refractivity contribution in [2.75, 3.05) is 30.4 Å². The molecule has 9 nitrogen and oxygen atoms in total. The third-order valence-corrected chi connectivity index (χ3v) is 9.04. The molecule has 5 rings (SSSR count). The van der Waals surface area contributed by atoms with Gasteiger partial charge in [0, 0.05) is 34.4 Å². The van der Waals surface area contributed by atoms with Gasteiger partial charge in [-0.25, -0.2) is 0 Å². The van der Waals surface area contributed by atoms with Crippen molar-refractivity contribution < 1.29 is 29.0 Å². The van der Waals surface area contributed by atoms with Crippen LogP contribution in [0.5, 0.6) is 5.75 Å². The number of carbonyl (C=O) groups is 3. The van der Waals surface area contributed by atoms with Gasteiger partial charge >= 0.3 is 0 Å². The van der Waals surface area contributed by atoms with Crippen molar-refractivity contribution in [3.8, 4) is 5.75 Å². The molecule has 40 heavy (non-hydrogen) atoms. The molecule has 3 saturated heterocycles. The third kappa shape index (κ3) is 5.34. The molecular weight excluding hydrogens is 602 g/mol. The lowest BCUT2D eigenvalue weighted by Crippen LogP contribution is -2.54. The molecule has 3 N–H and O–H groups in total. The highest BCUT2D eigenvalue weighted by molar-refractivity contribution is 9.09. The van der Waals surface area contributed by atoms with Crippen LogP contribution in [0.3, 0.4) is 0 Å². The number of amides is 3. The Morgan fingerprint density at radius 2 is 1.73 bits per heavy atom. The molecule has 2 bridgehead atoms. The summed E-state index contributed by atoms with van der Waals surface area (Å²) in [5, 5.41) is 15.6. The maximum Gasteiger partial charge on any atom is 0.250 e. The summed E-state index contributed by atoms with van der Waals surface area (Å²) in [5.41, 5.74) is -0.0149. The van der Waals surface area contributed by atoms with Gasteiger partial charge in [-0.05, 0) is 81.1 Å². The number of ether oxygens (including phenoxy) is 2. The van der Waals surface area contributed by atoms with E-state index in [0.29, 0.717) is 61.0 Å². The monoisotopic (exact) mass is 633 g/mol. The quantitative estimate of drug-likeness (QED) is 0.252. The fourth-order valence-corrected chi connectivity index (χ4v) is 7.38. The highest BCUT2D eigenvalue weighted by atomic mass is 79.9. The van der Waals surface area contributed by atoms with Crippen LogP contribution < -0.4 is 15.4 Å². The molecule has 3 aliphatic rings. The van der Waals surface area contributed by atoms with Gasteiger partial charge in [-0.15, -0.1) is 0 Å². The standard InChI is InChI=1S/C29H33BrClN3O6/c1-2-39-20-12-10-19(11-13-20)32-26(36)22-23-28(38)34(14-4-3-5-15-35)25(29(23)16-21(30)24(22)40-29)27(37)33-18-8-6-17(31)7-9-18/h6-13,21-25,35H,2-5,14-16H2,1H3,(H,32,36)(H,33,37)/t21?,22-,23-,24-,25?,29?/m0/s1. The summed E-state index contributed by atoms with van der Waals surface area (Å²) >= 11 is 9.70. The second kappa shape index (κ2) is 12.1. The van der Waals surface area contributed by atoms with E-state index in [0.717, 1.165) is 0 Å². The Balaban J connectivity index is 1.42. The number of hydrogen-bond acceptors (Lipinski definition) is 6. The van der Waals surface area contributed by atoms with Gasteiger partial charge < -0.3 is 30.1 Å². The van der Waals surface area contributed by atoms with Gasteiger partial charge in [0.2, 0.25) is 17.7 Å². The van der Waals surface area contributed by atoms with Crippen molar-refractivity contribution in [1.29, 1.82) is 0 Å². The predicted octanol–water partition coefficient (Wildman–Crippen LogP) is 4.23. The van der Waals surface area contributed by atoms with Crippen LogP contribution in [0.25, 0.3) is 0 Å². The predicted molar refractivity (Wildman–Crippen MR) is 155 cm³/mol. The summed E-state index contributed by atoms with van der Waals surface area (Å²) in [6.45, 7) is 2.82. The number of carbonyl (C=O) groups excluding carboxylic acids is 3. The summed E-state index contributed by atoms with van der Waals surface area (Å²) < 4.78 is 12.0. The zero-order chi connectivity index (χ0) is 28.4. The largest absolute Gasteiger partial charge is 0.494 e. The Morgan fingerprint density at radius 3 is 2.38 bits per heavy atom. The van der Waals surface area contributed by atoms with Gasteiger partial charge in [-0.3, -0.25) is 14.4 Å². The van der Waals surface area contributed by atoms with E-state index in [9.17, 15) is 19.5 Å². The number of alkyl halides is 1. The first-order valence-electron chi connectivity index (χ1n) is 13.6. The number of aliphatic hydroxyl groups is 1. The van der Waals surface area contributed by atoms with E-state index >= 15 is 0 Å². The summed E-state index contributed by atoms with van der Waals surface area (Å²) in [7, 11) is 0. The molecule has 3 amide bonds. The molecule has 3 unspecified atom stereocenters. The lowest BCUT2D eigenvalue weighted by Gasteiger charge is -2.34. The first-order valence-corrected chi connectivity index (χ1v) is 14.9. The van der Waals surface area contributed by atoms with Crippen molar-refractivity contribution in [2.45, 2.75) is 55.2 Å². The smallest absolute Gasteiger partial charge is 0.250 e. The Hall–Kier alpha value is -2.66. The summed E-state index contributed by atoms with van der Waals surface area (Å²) in [4.78, 5) is 42.9. The summed E-state index contributed by atoms with van der Waals surface area (Å²) in [5.74, 6) is -1.82. The third-order valence-electron chi connectivity index (χ3n) is 7.94. The lowest BCUT2D eigenvalue weighted by molar-refractivity contribution is -0.139. The number of aliphatic hydroxyl groups excluding tert-OH is 1. The molecule has 3 aliphatic heterocycles. The van der Waals surface area contributed by atoms with Crippen LogP contribution in [0.2, 0.25) is 5.02 Å². The second-order valence-electron chi connectivity index (χ2n) is 10.4. The van der Waals surface area contributed by atoms with Gasteiger partial charge in [0.25, 0.3) is 0 Å². The molecule has 1 spiro atoms. The Morgan fingerprint density at radius 1 is 1.07 bits per heavy atom. The fourth-order valence-electron chi connectivity index (χ4n) is 6.31. The van der Waals surface area contributed by atoms with E-state index in [1.54, 1.807) is 53.4 Å². The van der Waals surface area contributed by atoms with E-state index in [1.807, 2.05) is 6.92 Å². The molecule has 3 heterocycles. The van der Waals surface area contributed by atoms with E-state index < -0.39 is 29.6 Å². The Kier molecular flexibility index (Phi) is 8.70. The average Bonchev–Trinajstić information content (AvgIpc) is 3.52. The van der Waals surface area contributed by atoms with Crippen LogP contribution in [0.1, 0.15) is 32.6 Å². The molecule has 2 aromatic rings. The minimum atomic E-state index is -1.15. The molecule has 11 heteroatoms. The van der Waals surface area contributed by atoms with Crippen molar-refractivity contribution in [2.24, 2.45) is 11.8 Å². The topological polar surface area (TPSA) is 117 Å². The van der Waals surface area contributed by atoms with Gasteiger partial charge in [-0.2, -0.15) is 0 Å². The zero-order valence-corrected chi connectivity index (χ0v) is 24.5. The van der Waals surface area contributed by atoms with Gasteiger partial charge in [0.1, 0.15) is 17.4 Å². The van der Waals surface area contributed by atoms with Gasteiger partial charge in [-0.1, -0.05) is 27.5 Å². The summed E-state index contributed by atoms with van der Waals surface area (Å²) in [6, 6.07) is 12.9. The zero-order valence-electron chi connectivity index (χ0n) is 22.1. The second-order valence-corrected chi connectivity index (χ2v) is 12.0. The minimum Gasteiger partial charge on any atom is -0.494 e. The summed E-state index contributed by atoms with van der Waals surface area (Å²) in [6.07, 6.45) is 1.79. The van der Waals surface area contributed by atoms with Crippen molar-refractivity contribution in [1.82, 2.24) is 4.90 Å². The average molecular weight is 635 g/mol.